The van der Waals surface area contributed by atoms with E-state index in [4.69, 9.17) is 4.74 Å². The van der Waals surface area contributed by atoms with Gasteiger partial charge in [0.1, 0.15) is 11.3 Å². The molecule has 35 heavy (non-hydrogen) atoms. The molecule has 1 unspecified atom stereocenters. The van der Waals surface area contributed by atoms with Gasteiger partial charge in [-0.2, -0.15) is 5.26 Å². The lowest BCUT2D eigenvalue weighted by molar-refractivity contribution is -0.274. The monoisotopic (exact) mass is 479 g/mol. The lowest BCUT2D eigenvalue weighted by atomic mass is 9.82. The van der Waals surface area contributed by atoms with Crippen LogP contribution in [0.5, 0.6) is 5.75 Å². The van der Waals surface area contributed by atoms with Crippen molar-refractivity contribution >= 4 is 17.4 Å². The third-order valence-corrected chi connectivity index (χ3v) is 6.29. The van der Waals surface area contributed by atoms with E-state index in [1.54, 1.807) is 40.1 Å². The highest BCUT2D eigenvalue weighted by Crippen LogP contribution is 2.51. The van der Waals surface area contributed by atoms with Crippen LogP contribution >= 0.6 is 0 Å². The number of rotatable bonds is 4. The molecule has 2 saturated heterocycles. The maximum absolute atomic E-state index is 14.0. The zero-order valence-electron chi connectivity index (χ0n) is 18.6. The number of ether oxygens (including phenoxy) is 2. The molecule has 2 heterocycles. The molecule has 0 saturated carbocycles. The number of anilines is 2. The molecule has 2 aliphatic rings. The van der Waals surface area contributed by atoms with Crippen LogP contribution < -0.4 is 14.5 Å². The van der Waals surface area contributed by atoms with Crippen LogP contribution in [0.4, 0.5) is 29.3 Å². The second-order valence-corrected chi connectivity index (χ2v) is 8.60. The van der Waals surface area contributed by atoms with Crippen LogP contribution in [0.3, 0.4) is 0 Å². The molecule has 0 bridgehead atoms. The number of urea groups is 1. The summed E-state index contributed by atoms with van der Waals surface area (Å²) in [6.07, 6.45) is -4.85. The molecular formula is C26H20F3N3O3. The van der Waals surface area contributed by atoms with Crippen molar-refractivity contribution in [2.24, 2.45) is 0 Å². The van der Waals surface area contributed by atoms with E-state index in [9.17, 15) is 23.2 Å². The van der Waals surface area contributed by atoms with Gasteiger partial charge in [0, 0.05) is 11.4 Å². The smallest absolute Gasteiger partial charge is 0.406 e. The van der Waals surface area contributed by atoms with Crippen molar-refractivity contribution in [2.45, 2.75) is 24.9 Å². The summed E-state index contributed by atoms with van der Waals surface area (Å²) >= 11 is 0. The Kier molecular flexibility index (Phi) is 5.41. The van der Waals surface area contributed by atoms with E-state index in [2.05, 4.69) is 4.74 Å². The molecule has 3 aromatic rings. The zero-order chi connectivity index (χ0) is 24.8. The highest BCUT2D eigenvalue weighted by Gasteiger charge is 2.63. The number of hydrogen-bond acceptors (Lipinski definition) is 4. The highest BCUT2D eigenvalue weighted by atomic mass is 19.4. The molecule has 0 aliphatic carbocycles. The molecule has 1 atom stereocenters. The van der Waals surface area contributed by atoms with Gasteiger partial charge in [0.15, 0.2) is 0 Å². The second kappa shape index (κ2) is 8.32. The van der Waals surface area contributed by atoms with Gasteiger partial charge in [0.25, 0.3) is 0 Å². The van der Waals surface area contributed by atoms with Crippen LogP contribution in [0.1, 0.15) is 22.7 Å². The Morgan fingerprint density at radius 3 is 2.26 bits per heavy atom. The summed E-state index contributed by atoms with van der Waals surface area (Å²) < 4.78 is 48.5. The minimum absolute atomic E-state index is 0.203. The van der Waals surface area contributed by atoms with E-state index in [1.165, 1.54) is 18.2 Å². The molecule has 0 N–H and O–H groups in total. The summed E-state index contributed by atoms with van der Waals surface area (Å²) in [5, 5.41) is 9.18. The molecule has 2 fully saturated rings. The van der Waals surface area contributed by atoms with Crippen LogP contribution in [-0.4, -0.2) is 31.1 Å². The second-order valence-electron chi connectivity index (χ2n) is 8.60. The van der Waals surface area contributed by atoms with E-state index in [-0.39, 0.29) is 25.0 Å². The Labute approximate surface area is 199 Å². The fraction of sp³-hybridized carbons (Fsp3) is 0.231. The Morgan fingerprint density at radius 1 is 1.03 bits per heavy atom. The number of aryl methyl sites for hydroxylation is 1. The van der Waals surface area contributed by atoms with Crippen molar-refractivity contribution in [3.05, 3.63) is 89.5 Å². The van der Waals surface area contributed by atoms with Crippen molar-refractivity contribution in [2.75, 3.05) is 23.0 Å². The number of carbonyl (C=O) groups excluding carboxylic acids is 1. The van der Waals surface area contributed by atoms with Gasteiger partial charge in [-0.15, -0.1) is 13.2 Å². The van der Waals surface area contributed by atoms with E-state index < -0.39 is 17.9 Å². The first-order valence-corrected chi connectivity index (χ1v) is 10.9. The van der Waals surface area contributed by atoms with Crippen LogP contribution in [0.25, 0.3) is 0 Å². The standard InChI is InChI=1S/C26H20F3N3O3/c1-17-5-9-21(10-6-17)32-24(33)31(20-11-7-18(14-30)8-12-20)23(25(32)15-34-16-25)19-3-2-4-22(13-19)35-26(27,28)29/h2-13,23H,15-16H2,1H3. The van der Waals surface area contributed by atoms with Gasteiger partial charge in [0.2, 0.25) is 0 Å². The number of amides is 2. The Morgan fingerprint density at radius 2 is 1.69 bits per heavy atom. The number of alkyl halides is 3. The molecular weight excluding hydrogens is 459 g/mol. The van der Waals surface area contributed by atoms with Crippen molar-refractivity contribution in [1.82, 2.24) is 0 Å². The molecule has 9 heteroatoms. The zero-order valence-corrected chi connectivity index (χ0v) is 18.6. The van der Waals surface area contributed by atoms with E-state index in [0.717, 1.165) is 5.56 Å². The summed E-state index contributed by atoms with van der Waals surface area (Å²) in [4.78, 5) is 17.2. The molecule has 178 valence electrons. The van der Waals surface area contributed by atoms with Crippen LogP contribution in [-0.2, 0) is 4.74 Å². The predicted octanol–water partition coefficient (Wildman–Crippen LogP) is 5.72. The minimum Gasteiger partial charge on any atom is -0.406 e. The molecule has 0 radical (unpaired) electrons. The maximum Gasteiger partial charge on any atom is 0.573 e. The summed E-state index contributed by atoms with van der Waals surface area (Å²) in [5.74, 6) is -0.369. The average molecular weight is 479 g/mol. The summed E-state index contributed by atoms with van der Waals surface area (Å²) in [6.45, 7) is 2.35. The van der Waals surface area contributed by atoms with Gasteiger partial charge in [-0.05, 0) is 61.0 Å². The average Bonchev–Trinajstić information content (AvgIpc) is 3.08. The molecule has 6 nitrogen and oxygen atoms in total. The number of halogens is 3. The van der Waals surface area contributed by atoms with Crippen LogP contribution in [0, 0.1) is 18.3 Å². The van der Waals surface area contributed by atoms with Crippen molar-refractivity contribution in [3.8, 4) is 11.8 Å². The fourth-order valence-electron chi connectivity index (χ4n) is 4.73. The largest absolute Gasteiger partial charge is 0.573 e. The molecule has 2 aliphatic heterocycles. The van der Waals surface area contributed by atoms with Gasteiger partial charge in [0.05, 0.1) is 30.9 Å². The van der Waals surface area contributed by atoms with Crippen LogP contribution in [0.15, 0.2) is 72.8 Å². The summed E-state index contributed by atoms with van der Waals surface area (Å²) in [5.41, 5.74) is 2.25. The number of carbonyl (C=O) groups is 1. The molecule has 2 amide bonds. The van der Waals surface area contributed by atoms with Gasteiger partial charge in [-0.3, -0.25) is 9.80 Å². The summed E-state index contributed by atoms with van der Waals surface area (Å²) in [6, 6.07) is 20.7. The number of nitriles is 1. The highest BCUT2D eigenvalue weighted by molar-refractivity contribution is 6.09. The maximum atomic E-state index is 14.0. The van der Waals surface area contributed by atoms with Gasteiger partial charge in [-0.1, -0.05) is 29.8 Å². The normalized spacial score (nSPS) is 18.9. The first-order valence-electron chi connectivity index (χ1n) is 10.9. The van der Waals surface area contributed by atoms with E-state index in [0.29, 0.717) is 22.5 Å². The van der Waals surface area contributed by atoms with Crippen molar-refractivity contribution in [3.63, 3.8) is 0 Å². The van der Waals surface area contributed by atoms with Gasteiger partial charge >= 0.3 is 12.4 Å². The van der Waals surface area contributed by atoms with Crippen LogP contribution in [0.2, 0.25) is 0 Å². The van der Waals surface area contributed by atoms with E-state index >= 15 is 0 Å². The molecule has 5 rings (SSSR count). The molecule has 0 aromatic heterocycles. The summed E-state index contributed by atoms with van der Waals surface area (Å²) in [7, 11) is 0. The van der Waals surface area contributed by atoms with Gasteiger partial charge in [-0.25, -0.2) is 4.79 Å². The lowest BCUT2D eigenvalue weighted by Crippen LogP contribution is -2.62. The topological polar surface area (TPSA) is 65.8 Å². The molecule has 3 aromatic carbocycles. The quantitative estimate of drug-likeness (QED) is 0.480. The Hall–Kier alpha value is -4.03. The number of hydrogen-bond donors (Lipinski definition) is 0. The van der Waals surface area contributed by atoms with Crippen molar-refractivity contribution < 1.29 is 27.4 Å². The predicted molar refractivity (Wildman–Crippen MR) is 122 cm³/mol. The molecule has 1 spiro atoms. The number of nitrogens with zero attached hydrogens (tertiary/aromatic N) is 3. The fourth-order valence-corrected chi connectivity index (χ4v) is 4.73. The van der Waals surface area contributed by atoms with E-state index in [1.807, 2.05) is 37.3 Å². The lowest BCUT2D eigenvalue weighted by Gasteiger charge is -2.47. The Bertz CT molecular complexity index is 1300. The first-order chi connectivity index (χ1) is 16.7. The minimum atomic E-state index is -4.85. The Balaban J connectivity index is 1.66. The first kappa shape index (κ1) is 22.7. The van der Waals surface area contributed by atoms with Gasteiger partial charge < -0.3 is 9.47 Å². The number of benzene rings is 3. The SMILES string of the molecule is Cc1ccc(N2C(=O)N(c3ccc(C#N)cc3)C(c3cccc(OC(F)(F)F)c3)C23COC3)cc1. The third kappa shape index (κ3) is 3.96. The third-order valence-electron chi connectivity index (χ3n) is 6.29. The van der Waals surface area contributed by atoms with Crippen molar-refractivity contribution in [1.29, 1.82) is 5.26 Å².